The Kier molecular flexibility index (Phi) is 5.68. The van der Waals surface area contributed by atoms with Gasteiger partial charge in [-0.2, -0.15) is 5.10 Å². The van der Waals surface area contributed by atoms with Crippen molar-refractivity contribution < 1.29 is 4.79 Å². The van der Waals surface area contributed by atoms with Crippen LogP contribution in [0.25, 0.3) is 6.08 Å². The highest BCUT2D eigenvalue weighted by Gasteiger charge is 2.06. The summed E-state index contributed by atoms with van der Waals surface area (Å²) in [6, 6.07) is 6.22. The Balaban J connectivity index is 1.81. The summed E-state index contributed by atoms with van der Waals surface area (Å²) in [4.78, 5) is 16.2. The molecule has 5 nitrogen and oxygen atoms in total. The van der Waals surface area contributed by atoms with Crippen LogP contribution in [0.5, 0.6) is 0 Å². The maximum atomic E-state index is 11.8. The standard InChI is InChI=1S/C18H24N4O/c1-12(2)18-20-16(21-22-18)7-8-19-17(23)6-5-15-10-13(3)9-14(4)11-15/h5-6,9-12H,7-8H2,1-4H3,(H,19,23)(H,20,21,22)/b6-5+. The molecule has 122 valence electrons. The number of benzene rings is 1. The van der Waals surface area contributed by atoms with E-state index in [0.717, 1.165) is 17.2 Å². The number of carbonyl (C=O) groups is 1. The van der Waals surface area contributed by atoms with E-state index < -0.39 is 0 Å². The lowest BCUT2D eigenvalue weighted by atomic mass is 10.1. The number of aromatic nitrogens is 3. The summed E-state index contributed by atoms with van der Waals surface area (Å²) in [6.07, 6.45) is 4.04. The summed E-state index contributed by atoms with van der Waals surface area (Å²) in [7, 11) is 0. The molecule has 2 aromatic rings. The number of hydrogen-bond donors (Lipinski definition) is 2. The molecular formula is C18H24N4O. The summed E-state index contributed by atoms with van der Waals surface area (Å²) >= 11 is 0. The normalized spacial score (nSPS) is 11.3. The first-order chi connectivity index (χ1) is 10.9. The van der Waals surface area contributed by atoms with E-state index in [-0.39, 0.29) is 5.91 Å². The van der Waals surface area contributed by atoms with E-state index >= 15 is 0 Å². The van der Waals surface area contributed by atoms with Gasteiger partial charge in [0.2, 0.25) is 5.91 Å². The molecule has 0 unspecified atom stereocenters. The molecule has 1 aromatic heterocycles. The molecule has 0 aliphatic heterocycles. The van der Waals surface area contributed by atoms with Crippen molar-refractivity contribution in [2.45, 2.75) is 40.0 Å². The van der Waals surface area contributed by atoms with Gasteiger partial charge < -0.3 is 5.32 Å². The number of rotatable bonds is 6. The second-order valence-corrected chi connectivity index (χ2v) is 6.09. The van der Waals surface area contributed by atoms with Gasteiger partial charge in [0, 0.05) is 25.0 Å². The minimum atomic E-state index is -0.104. The molecule has 2 N–H and O–H groups in total. The quantitative estimate of drug-likeness (QED) is 0.806. The summed E-state index contributed by atoms with van der Waals surface area (Å²) in [5, 5.41) is 9.90. The molecular weight excluding hydrogens is 288 g/mol. The van der Waals surface area contributed by atoms with Crippen LogP contribution in [-0.2, 0) is 11.2 Å². The molecule has 0 fully saturated rings. The molecule has 0 aliphatic rings. The monoisotopic (exact) mass is 312 g/mol. The fourth-order valence-corrected chi connectivity index (χ4v) is 2.32. The topological polar surface area (TPSA) is 70.7 Å². The van der Waals surface area contributed by atoms with Crippen molar-refractivity contribution in [2.75, 3.05) is 6.54 Å². The van der Waals surface area contributed by atoms with E-state index in [1.165, 1.54) is 11.1 Å². The van der Waals surface area contributed by atoms with E-state index in [1.807, 2.05) is 33.8 Å². The molecule has 0 spiro atoms. The van der Waals surface area contributed by atoms with Gasteiger partial charge >= 0.3 is 0 Å². The van der Waals surface area contributed by atoms with Crippen LogP contribution in [-0.4, -0.2) is 27.6 Å². The van der Waals surface area contributed by atoms with E-state index in [0.29, 0.717) is 18.9 Å². The summed E-state index contributed by atoms with van der Waals surface area (Å²) in [5.74, 6) is 1.80. The molecule has 0 bridgehead atoms. The third-order valence-electron chi connectivity index (χ3n) is 3.40. The number of aromatic amines is 1. The molecule has 0 aliphatic carbocycles. The van der Waals surface area contributed by atoms with Crippen molar-refractivity contribution in [1.82, 2.24) is 20.5 Å². The molecule has 23 heavy (non-hydrogen) atoms. The molecule has 1 amide bonds. The Morgan fingerprint density at radius 2 is 1.96 bits per heavy atom. The number of aryl methyl sites for hydroxylation is 2. The molecule has 1 heterocycles. The van der Waals surface area contributed by atoms with Crippen molar-refractivity contribution in [1.29, 1.82) is 0 Å². The van der Waals surface area contributed by atoms with Gasteiger partial charge in [-0.15, -0.1) is 0 Å². The highest BCUT2D eigenvalue weighted by atomic mass is 16.1. The Hall–Kier alpha value is -2.43. The highest BCUT2D eigenvalue weighted by molar-refractivity contribution is 5.91. The largest absolute Gasteiger partial charge is 0.352 e. The van der Waals surface area contributed by atoms with Gasteiger partial charge in [0.15, 0.2) is 5.82 Å². The van der Waals surface area contributed by atoms with Gasteiger partial charge in [-0.3, -0.25) is 9.89 Å². The third kappa shape index (κ3) is 5.36. The second-order valence-electron chi connectivity index (χ2n) is 6.09. The fraction of sp³-hybridized carbons (Fsp3) is 0.389. The van der Waals surface area contributed by atoms with Crippen LogP contribution in [0.2, 0.25) is 0 Å². The molecule has 0 atom stereocenters. The first-order valence-corrected chi connectivity index (χ1v) is 7.89. The van der Waals surface area contributed by atoms with Gasteiger partial charge in [0.1, 0.15) is 5.82 Å². The molecule has 0 saturated carbocycles. The number of carbonyl (C=O) groups excluding carboxylic acids is 1. The van der Waals surface area contributed by atoms with Gasteiger partial charge in [-0.25, -0.2) is 4.98 Å². The van der Waals surface area contributed by atoms with Gasteiger partial charge in [0.05, 0.1) is 0 Å². The SMILES string of the molecule is Cc1cc(C)cc(/C=C/C(=O)NCCc2nc(C(C)C)n[nH]2)c1. The summed E-state index contributed by atoms with van der Waals surface area (Å²) in [6.45, 7) is 8.72. The van der Waals surface area contributed by atoms with Gasteiger partial charge in [0.25, 0.3) is 0 Å². The van der Waals surface area contributed by atoms with Crippen LogP contribution >= 0.6 is 0 Å². The zero-order chi connectivity index (χ0) is 16.8. The van der Waals surface area contributed by atoms with Crippen LogP contribution in [0.15, 0.2) is 24.3 Å². The van der Waals surface area contributed by atoms with E-state index in [2.05, 4.69) is 38.7 Å². The van der Waals surface area contributed by atoms with E-state index in [1.54, 1.807) is 6.08 Å². The minimum absolute atomic E-state index is 0.104. The van der Waals surface area contributed by atoms with Crippen molar-refractivity contribution in [3.63, 3.8) is 0 Å². The first-order valence-electron chi connectivity index (χ1n) is 7.89. The second kappa shape index (κ2) is 7.72. The number of H-pyrrole nitrogens is 1. The molecule has 2 rings (SSSR count). The Morgan fingerprint density at radius 1 is 1.26 bits per heavy atom. The molecule has 0 radical (unpaired) electrons. The Labute approximate surface area is 137 Å². The molecule has 5 heteroatoms. The molecule has 1 aromatic carbocycles. The van der Waals surface area contributed by atoms with E-state index in [9.17, 15) is 4.79 Å². The lowest BCUT2D eigenvalue weighted by Gasteiger charge is -2.01. The zero-order valence-electron chi connectivity index (χ0n) is 14.2. The predicted molar refractivity (Wildman–Crippen MR) is 92.1 cm³/mol. The average molecular weight is 312 g/mol. The van der Waals surface area contributed by atoms with Crippen molar-refractivity contribution >= 4 is 12.0 Å². The maximum absolute atomic E-state index is 11.8. The lowest BCUT2D eigenvalue weighted by Crippen LogP contribution is -2.23. The predicted octanol–water partition coefficient (Wildman–Crippen LogP) is 2.92. The van der Waals surface area contributed by atoms with Crippen LogP contribution in [0.3, 0.4) is 0 Å². The van der Waals surface area contributed by atoms with Crippen LogP contribution < -0.4 is 5.32 Å². The average Bonchev–Trinajstić information content (AvgIpc) is 2.93. The van der Waals surface area contributed by atoms with Crippen molar-refractivity contribution in [2.24, 2.45) is 0 Å². The van der Waals surface area contributed by atoms with Gasteiger partial charge in [-0.1, -0.05) is 43.2 Å². The van der Waals surface area contributed by atoms with Crippen LogP contribution in [0.1, 0.15) is 48.1 Å². The maximum Gasteiger partial charge on any atom is 0.244 e. The zero-order valence-corrected chi connectivity index (χ0v) is 14.2. The third-order valence-corrected chi connectivity index (χ3v) is 3.40. The van der Waals surface area contributed by atoms with Crippen molar-refractivity contribution in [3.8, 4) is 0 Å². The number of amides is 1. The Morgan fingerprint density at radius 3 is 2.57 bits per heavy atom. The summed E-state index contributed by atoms with van der Waals surface area (Å²) < 4.78 is 0. The van der Waals surface area contributed by atoms with E-state index in [4.69, 9.17) is 0 Å². The molecule has 0 saturated heterocycles. The van der Waals surface area contributed by atoms with Crippen LogP contribution in [0.4, 0.5) is 0 Å². The lowest BCUT2D eigenvalue weighted by molar-refractivity contribution is -0.116. The highest BCUT2D eigenvalue weighted by Crippen LogP contribution is 2.10. The smallest absolute Gasteiger partial charge is 0.244 e. The summed E-state index contributed by atoms with van der Waals surface area (Å²) in [5.41, 5.74) is 3.42. The first kappa shape index (κ1) is 16.9. The van der Waals surface area contributed by atoms with Crippen molar-refractivity contribution in [3.05, 3.63) is 52.6 Å². The van der Waals surface area contributed by atoms with Crippen LogP contribution in [0, 0.1) is 13.8 Å². The number of nitrogens with zero attached hydrogens (tertiary/aromatic N) is 2. The number of nitrogens with one attached hydrogen (secondary N) is 2. The fourth-order valence-electron chi connectivity index (χ4n) is 2.32. The number of hydrogen-bond acceptors (Lipinski definition) is 3. The minimum Gasteiger partial charge on any atom is -0.352 e. The Bertz CT molecular complexity index is 681. The van der Waals surface area contributed by atoms with Gasteiger partial charge in [-0.05, 0) is 25.5 Å².